The van der Waals surface area contributed by atoms with E-state index in [4.69, 9.17) is 0 Å². The fourth-order valence-corrected chi connectivity index (χ4v) is 4.03. The number of aromatic nitrogens is 3. The molecule has 0 radical (unpaired) electrons. The summed E-state index contributed by atoms with van der Waals surface area (Å²) in [7, 11) is 0. The molecule has 0 aliphatic heterocycles. The Bertz CT molecular complexity index is 1000. The van der Waals surface area contributed by atoms with Crippen molar-refractivity contribution in [3.8, 4) is 16.9 Å². The Morgan fingerprint density at radius 3 is 2.80 bits per heavy atom. The summed E-state index contributed by atoms with van der Waals surface area (Å²) in [6, 6.07) is 12.1. The SMILES string of the molecule is Cc1ccccc1-c1ccc(-n2nc(C(=O)O)c3c2[C@H]2C[C@H]2C3)nc1. The number of nitrogens with zero attached hydrogens (tertiary/aromatic N) is 3. The zero-order chi connectivity index (χ0) is 17.1. The minimum absolute atomic E-state index is 0.187. The number of carboxylic acid groups (broad SMARTS) is 1. The number of carbonyl (C=O) groups is 1. The number of rotatable bonds is 3. The molecule has 124 valence electrons. The van der Waals surface area contributed by atoms with E-state index in [1.165, 1.54) is 5.56 Å². The van der Waals surface area contributed by atoms with Gasteiger partial charge in [-0.1, -0.05) is 24.3 Å². The van der Waals surface area contributed by atoms with Crippen molar-refractivity contribution in [2.75, 3.05) is 0 Å². The number of aromatic carboxylic acids is 1. The van der Waals surface area contributed by atoms with Crippen molar-refractivity contribution < 1.29 is 9.90 Å². The minimum atomic E-state index is -0.951. The van der Waals surface area contributed by atoms with Gasteiger partial charge in [0.2, 0.25) is 0 Å². The summed E-state index contributed by atoms with van der Waals surface area (Å²) in [4.78, 5) is 16.1. The van der Waals surface area contributed by atoms with Crippen molar-refractivity contribution >= 4 is 5.97 Å². The summed E-state index contributed by atoms with van der Waals surface area (Å²) in [5, 5.41) is 13.8. The van der Waals surface area contributed by atoms with E-state index >= 15 is 0 Å². The lowest BCUT2D eigenvalue weighted by atomic mass is 10.0. The van der Waals surface area contributed by atoms with Crippen LogP contribution in [0.2, 0.25) is 0 Å². The van der Waals surface area contributed by atoms with Crippen LogP contribution in [0.3, 0.4) is 0 Å². The molecular weight excluding hydrogens is 314 g/mol. The number of carboxylic acids is 1. The normalized spacial score (nSPS) is 20.2. The highest BCUT2D eigenvalue weighted by Gasteiger charge is 2.50. The lowest BCUT2D eigenvalue weighted by molar-refractivity contribution is 0.0688. The van der Waals surface area contributed by atoms with Gasteiger partial charge in [-0.15, -0.1) is 0 Å². The standard InChI is InChI=1S/C20H17N3O2/c1-11-4-2-3-5-14(11)12-6-7-17(21-10-12)23-19-15-8-13(15)9-16(19)18(22-23)20(24)25/h2-7,10,13,15H,8-9H2,1H3,(H,24,25)/t13-,15-/m0/s1. The Balaban J connectivity index is 1.58. The molecule has 2 heterocycles. The summed E-state index contributed by atoms with van der Waals surface area (Å²) in [6.45, 7) is 2.08. The first-order valence-corrected chi connectivity index (χ1v) is 8.51. The van der Waals surface area contributed by atoms with Crippen molar-refractivity contribution in [2.24, 2.45) is 5.92 Å². The van der Waals surface area contributed by atoms with Crippen LogP contribution in [0.15, 0.2) is 42.6 Å². The first kappa shape index (κ1) is 14.4. The molecule has 5 heteroatoms. The van der Waals surface area contributed by atoms with Gasteiger partial charge in [-0.2, -0.15) is 5.10 Å². The second-order valence-electron chi connectivity index (χ2n) is 6.96. The number of benzene rings is 1. The third-order valence-corrected chi connectivity index (χ3v) is 5.39. The third-order valence-electron chi connectivity index (χ3n) is 5.39. The number of hydrogen-bond donors (Lipinski definition) is 1. The van der Waals surface area contributed by atoms with Gasteiger partial charge in [0.05, 0.1) is 5.69 Å². The number of aryl methyl sites for hydroxylation is 1. The maximum atomic E-state index is 11.5. The smallest absolute Gasteiger partial charge is 0.356 e. The maximum Gasteiger partial charge on any atom is 0.356 e. The molecule has 2 aliphatic carbocycles. The molecule has 0 unspecified atom stereocenters. The average Bonchev–Trinajstić information content (AvgIpc) is 3.11. The van der Waals surface area contributed by atoms with E-state index in [0.717, 1.165) is 35.2 Å². The predicted molar refractivity (Wildman–Crippen MR) is 93.0 cm³/mol. The van der Waals surface area contributed by atoms with Crippen molar-refractivity contribution in [1.82, 2.24) is 14.8 Å². The predicted octanol–water partition coefficient (Wildman–Crippen LogP) is 3.60. The van der Waals surface area contributed by atoms with Crippen molar-refractivity contribution in [3.63, 3.8) is 0 Å². The molecular formula is C20H17N3O2. The molecule has 2 aromatic heterocycles. The Morgan fingerprint density at radius 1 is 1.24 bits per heavy atom. The quantitative estimate of drug-likeness (QED) is 0.796. The Kier molecular flexibility index (Phi) is 2.89. The van der Waals surface area contributed by atoms with Crippen LogP contribution in [0.25, 0.3) is 16.9 Å². The van der Waals surface area contributed by atoms with E-state index in [2.05, 4.69) is 29.1 Å². The Hall–Kier alpha value is -2.95. The van der Waals surface area contributed by atoms with Gasteiger partial charge in [-0.3, -0.25) is 0 Å². The first-order chi connectivity index (χ1) is 12.1. The molecule has 0 bridgehead atoms. The van der Waals surface area contributed by atoms with Crippen molar-refractivity contribution in [1.29, 1.82) is 0 Å². The molecule has 2 atom stereocenters. The van der Waals surface area contributed by atoms with Crippen LogP contribution in [0.5, 0.6) is 0 Å². The summed E-state index contributed by atoms with van der Waals surface area (Å²) in [5.74, 6) is 0.790. The maximum absolute atomic E-state index is 11.5. The highest BCUT2D eigenvalue weighted by molar-refractivity contribution is 5.88. The van der Waals surface area contributed by atoms with Gasteiger partial charge in [-0.25, -0.2) is 14.5 Å². The number of pyridine rings is 1. The fraction of sp³-hybridized carbons (Fsp3) is 0.250. The highest BCUT2D eigenvalue weighted by atomic mass is 16.4. The molecule has 0 amide bonds. The molecule has 0 spiro atoms. The van der Waals surface area contributed by atoms with Gasteiger partial charge >= 0.3 is 5.97 Å². The van der Waals surface area contributed by atoms with Crippen molar-refractivity contribution in [2.45, 2.75) is 25.7 Å². The molecule has 1 fully saturated rings. The summed E-state index contributed by atoms with van der Waals surface area (Å²) < 4.78 is 1.75. The molecule has 1 N–H and O–H groups in total. The van der Waals surface area contributed by atoms with Crippen molar-refractivity contribution in [3.05, 3.63) is 65.1 Å². The van der Waals surface area contributed by atoms with Crippen LogP contribution in [-0.2, 0) is 6.42 Å². The van der Waals surface area contributed by atoms with E-state index in [0.29, 0.717) is 17.7 Å². The minimum Gasteiger partial charge on any atom is -0.476 e. The van der Waals surface area contributed by atoms with E-state index in [9.17, 15) is 9.90 Å². The van der Waals surface area contributed by atoms with Crippen LogP contribution < -0.4 is 0 Å². The fourth-order valence-electron chi connectivity index (χ4n) is 4.03. The van der Waals surface area contributed by atoms with Gasteiger partial charge in [0.25, 0.3) is 0 Å². The van der Waals surface area contributed by atoms with Gasteiger partial charge < -0.3 is 5.11 Å². The second-order valence-corrected chi connectivity index (χ2v) is 6.96. The van der Waals surface area contributed by atoms with Gasteiger partial charge in [0.1, 0.15) is 0 Å². The monoisotopic (exact) mass is 331 g/mol. The van der Waals surface area contributed by atoms with E-state index < -0.39 is 5.97 Å². The Labute approximate surface area is 145 Å². The van der Waals surface area contributed by atoms with E-state index in [1.54, 1.807) is 4.68 Å². The molecule has 5 rings (SSSR count). The summed E-state index contributed by atoms with van der Waals surface area (Å²) in [6.07, 6.45) is 3.81. The molecule has 2 aliphatic rings. The first-order valence-electron chi connectivity index (χ1n) is 8.51. The van der Waals surface area contributed by atoms with Crippen LogP contribution >= 0.6 is 0 Å². The molecule has 0 saturated heterocycles. The summed E-state index contributed by atoms with van der Waals surface area (Å²) >= 11 is 0. The van der Waals surface area contributed by atoms with Crippen LogP contribution in [0.4, 0.5) is 0 Å². The largest absolute Gasteiger partial charge is 0.476 e. The zero-order valence-electron chi connectivity index (χ0n) is 13.8. The molecule has 1 saturated carbocycles. The second kappa shape index (κ2) is 5.02. The van der Waals surface area contributed by atoms with Gasteiger partial charge in [-0.05, 0) is 48.9 Å². The van der Waals surface area contributed by atoms with E-state index in [-0.39, 0.29) is 5.69 Å². The molecule has 25 heavy (non-hydrogen) atoms. The average molecular weight is 331 g/mol. The molecule has 1 aromatic carbocycles. The van der Waals surface area contributed by atoms with Gasteiger partial charge in [0, 0.05) is 23.2 Å². The number of fused-ring (bicyclic) bond motifs is 3. The van der Waals surface area contributed by atoms with Gasteiger partial charge in [0.15, 0.2) is 11.5 Å². The zero-order valence-corrected chi connectivity index (χ0v) is 13.8. The third kappa shape index (κ3) is 2.12. The highest BCUT2D eigenvalue weighted by Crippen LogP contribution is 2.57. The van der Waals surface area contributed by atoms with Crippen LogP contribution in [0.1, 0.15) is 39.6 Å². The van der Waals surface area contributed by atoms with Crippen LogP contribution in [-0.4, -0.2) is 25.8 Å². The topological polar surface area (TPSA) is 68.0 Å². The van der Waals surface area contributed by atoms with E-state index in [1.807, 2.05) is 30.5 Å². The molecule has 5 nitrogen and oxygen atoms in total. The molecule has 3 aromatic rings. The Morgan fingerprint density at radius 2 is 2.08 bits per heavy atom. The lowest BCUT2D eigenvalue weighted by Crippen LogP contribution is -2.05. The summed E-state index contributed by atoms with van der Waals surface area (Å²) in [5.41, 5.74) is 5.55. The lowest BCUT2D eigenvalue weighted by Gasteiger charge is -2.08. The van der Waals surface area contributed by atoms with Crippen LogP contribution in [0, 0.1) is 12.8 Å². The number of hydrogen-bond acceptors (Lipinski definition) is 3.